The van der Waals surface area contributed by atoms with Crippen molar-refractivity contribution < 1.29 is 13.6 Å². The Hall–Kier alpha value is -3.26. The summed E-state index contributed by atoms with van der Waals surface area (Å²) in [6, 6.07) is 5.13. The minimum absolute atomic E-state index is 0.00293. The third-order valence-corrected chi connectivity index (χ3v) is 8.96. The number of benzene rings is 1. The van der Waals surface area contributed by atoms with Gasteiger partial charge in [-0.1, -0.05) is 79.7 Å². The first-order valence-corrected chi connectivity index (χ1v) is 16.6. The Kier molecular flexibility index (Phi) is 15.7. The van der Waals surface area contributed by atoms with E-state index < -0.39 is 11.6 Å². The maximum atomic E-state index is 13.3. The largest absolute Gasteiger partial charge is 0.383 e. The first kappa shape index (κ1) is 37.9. The minimum Gasteiger partial charge on any atom is -0.383 e. The van der Waals surface area contributed by atoms with Crippen molar-refractivity contribution in [2.75, 3.05) is 26.2 Å². The zero-order valence-electron chi connectivity index (χ0n) is 28.8. The number of allylic oxidation sites excluding steroid dienone is 2. The Bertz CT molecular complexity index is 1180. The number of nitrogens with zero attached hydrogens (tertiary/aromatic N) is 4. The highest BCUT2D eigenvalue weighted by Gasteiger charge is 2.32. The van der Waals surface area contributed by atoms with Crippen LogP contribution in [0.3, 0.4) is 0 Å². The first-order chi connectivity index (χ1) is 21.4. The smallest absolute Gasteiger partial charge is 0.272 e. The van der Waals surface area contributed by atoms with Crippen LogP contribution in [0, 0.1) is 23.0 Å². The molecule has 3 aliphatic rings. The van der Waals surface area contributed by atoms with E-state index in [1.165, 1.54) is 43.9 Å². The quantitative estimate of drug-likeness (QED) is 0.300. The molecule has 0 bridgehead atoms. The highest BCUT2D eigenvalue weighted by atomic mass is 19.1. The van der Waals surface area contributed by atoms with Crippen molar-refractivity contribution in [3.8, 4) is 0 Å². The second-order valence-corrected chi connectivity index (χ2v) is 13.1. The predicted molar refractivity (Wildman–Crippen MR) is 184 cm³/mol. The number of amides is 1. The topological polar surface area (TPSA) is 51.2 Å². The minimum atomic E-state index is -0.537. The van der Waals surface area contributed by atoms with Gasteiger partial charge in [0.15, 0.2) is 0 Å². The highest BCUT2D eigenvalue weighted by molar-refractivity contribution is 5.96. The zero-order chi connectivity index (χ0) is 33.6. The van der Waals surface area contributed by atoms with Crippen molar-refractivity contribution in [2.24, 2.45) is 16.3 Å². The summed E-state index contributed by atoms with van der Waals surface area (Å²) in [6.07, 6.45) is 14.1. The molecule has 0 spiro atoms. The Morgan fingerprint density at radius 3 is 2.20 bits per heavy atom. The molecule has 4 rings (SSSR count). The fourth-order valence-electron chi connectivity index (χ4n) is 5.59. The van der Waals surface area contributed by atoms with Gasteiger partial charge < -0.3 is 15.1 Å². The Morgan fingerprint density at radius 2 is 1.73 bits per heavy atom. The molecule has 0 saturated carbocycles. The van der Waals surface area contributed by atoms with E-state index in [1.54, 1.807) is 18.6 Å². The number of piperidine rings is 1. The van der Waals surface area contributed by atoms with E-state index in [4.69, 9.17) is 0 Å². The highest BCUT2D eigenvalue weighted by Crippen LogP contribution is 2.25. The van der Waals surface area contributed by atoms with E-state index in [-0.39, 0.29) is 11.9 Å². The van der Waals surface area contributed by atoms with Crippen LogP contribution in [0.2, 0.25) is 0 Å². The molecule has 0 aromatic heterocycles. The van der Waals surface area contributed by atoms with Crippen LogP contribution in [0.25, 0.3) is 0 Å². The van der Waals surface area contributed by atoms with Crippen LogP contribution in [0.1, 0.15) is 87.0 Å². The van der Waals surface area contributed by atoms with E-state index >= 15 is 0 Å². The van der Waals surface area contributed by atoms with Gasteiger partial charge in [-0.2, -0.15) is 0 Å². The lowest BCUT2D eigenvalue weighted by molar-refractivity contribution is -0.129. The van der Waals surface area contributed by atoms with Gasteiger partial charge in [-0.15, -0.1) is 0 Å². The fraction of sp³-hybridized carbons (Fsp3) is 0.568. The second-order valence-electron chi connectivity index (χ2n) is 13.1. The van der Waals surface area contributed by atoms with Gasteiger partial charge in [0.05, 0.1) is 24.2 Å². The van der Waals surface area contributed by atoms with Crippen LogP contribution < -0.4 is 5.32 Å². The second kappa shape index (κ2) is 18.6. The summed E-state index contributed by atoms with van der Waals surface area (Å²) in [4.78, 5) is 23.8. The van der Waals surface area contributed by atoms with Crippen LogP contribution >= 0.6 is 0 Å². The molecular formula is C37H57F2N5O. The average molecular weight is 626 g/mol. The molecule has 6 nitrogen and oxygen atoms in total. The summed E-state index contributed by atoms with van der Waals surface area (Å²) < 4.78 is 23.9. The molecule has 3 aliphatic heterocycles. The van der Waals surface area contributed by atoms with Crippen molar-refractivity contribution in [1.29, 1.82) is 0 Å². The van der Waals surface area contributed by atoms with Gasteiger partial charge in [0.1, 0.15) is 17.3 Å². The molecule has 1 aromatic rings. The van der Waals surface area contributed by atoms with Gasteiger partial charge in [0.25, 0.3) is 5.91 Å². The number of likely N-dealkylation sites (tertiary alicyclic amines) is 2. The Balaban J connectivity index is 0.000000384. The number of hydrogen-bond acceptors (Lipinski definition) is 5. The van der Waals surface area contributed by atoms with Crippen LogP contribution in [0.5, 0.6) is 0 Å². The lowest BCUT2D eigenvalue weighted by Gasteiger charge is -2.39. The molecule has 1 amide bonds. The van der Waals surface area contributed by atoms with Gasteiger partial charge in [-0.25, -0.2) is 8.78 Å². The molecule has 1 unspecified atom stereocenters. The van der Waals surface area contributed by atoms with Gasteiger partial charge >= 0.3 is 0 Å². The lowest BCUT2D eigenvalue weighted by atomic mass is 9.88. The van der Waals surface area contributed by atoms with Crippen molar-refractivity contribution in [1.82, 2.24) is 20.0 Å². The standard InChI is InChI=1S/C24H37N5O.C7H16.C6H4F2/c1-6-21-15-25-16-22(29(21)7-2)24(30)28-14-10-11-20(17-28)26-19(5)23(18(3)4)27-12-8-9-13-27;1-5-7(3,4)6-2;7-5-2-1-3-6(8)4-5/h6-7,15-16,18,20,23,26H,2,5,8-14,17H2,1,3-4H3;5-6H2,1-4H3;1-4H/b21-6-;;/t20?,23-;;/m1../s1. The summed E-state index contributed by atoms with van der Waals surface area (Å²) in [5, 5.41) is 3.69. The summed E-state index contributed by atoms with van der Waals surface area (Å²) in [7, 11) is 0. The predicted octanol–water partition coefficient (Wildman–Crippen LogP) is 8.27. The number of carbonyl (C=O) groups excluding carboxylic acids is 1. The van der Waals surface area contributed by atoms with Crippen LogP contribution in [-0.4, -0.2) is 65.1 Å². The third-order valence-electron chi connectivity index (χ3n) is 8.96. The van der Waals surface area contributed by atoms with E-state index in [0.29, 0.717) is 29.6 Å². The number of hydrogen-bond donors (Lipinski definition) is 1. The van der Waals surface area contributed by atoms with Gasteiger partial charge in [0, 0.05) is 37.1 Å². The molecule has 3 heterocycles. The maximum Gasteiger partial charge on any atom is 0.272 e. The molecule has 0 radical (unpaired) electrons. The molecule has 2 fully saturated rings. The van der Waals surface area contributed by atoms with E-state index in [0.717, 1.165) is 49.9 Å². The van der Waals surface area contributed by atoms with Crippen LogP contribution in [-0.2, 0) is 4.79 Å². The lowest BCUT2D eigenvalue weighted by Crippen LogP contribution is -2.52. The first-order valence-electron chi connectivity index (χ1n) is 16.6. The maximum absolute atomic E-state index is 13.3. The van der Waals surface area contributed by atoms with Crippen LogP contribution in [0.4, 0.5) is 8.78 Å². The molecular weight excluding hydrogens is 568 g/mol. The summed E-state index contributed by atoms with van der Waals surface area (Å²) in [6.45, 7) is 27.6. The molecule has 1 N–H and O–H groups in total. The normalized spacial score (nSPS) is 20.1. The number of carbonyl (C=O) groups is 1. The van der Waals surface area contributed by atoms with E-state index in [1.807, 2.05) is 22.8 Å². The molecule has 1 aromatic carbocycles. The molecule has 45 heavy (non-hydrogen) atoms. The zero-order valence-corrected chi connectivity index (χ0v) is 28.8. The molecule has 2 atom stereocenters. The van der Waals surface area contributed by atoms with Crippen LogP contribution in [0.15, 0.2) is 78.0 Å². The van der Waals surface area contributed by atoms with Crippen molar-refractivity contribution >= 4 is 12.1 Å². The van der Waals surface area contributed by atoms with Gasteiger partial charge in [0.2, 0.25) is 0 Å². The van der Waals surface area contributed by atoms with Gasteiger partial charge in [-0.05, 0) is 69.2 Å². The molecule has 0 aliphatic carbocycles. The fourth-order valence-corrected chi connectivity index (χ4v) is 5.59. The summed E-state index contributed by atoms with van der Waals surface area (Å²) in [5.74, 6) is -0.562. The Labute approximate surface area is 271 Å². The number of halogens is 2. The van der Waals surface area contributed by atoms with Gasteiger partial charge in [-0.3, -0.25) is 14.7 Å². The van der Waals surface area contributed by atoms with E-state index in [9.17, 15) is 13.6 Å². The summed E-state index contributed by atoms with van der Waals surface area (Å²) >= 11 is 0. The average Bonchev–Trinajstić information content (AvgIpc) is 3.55. The number of rotatable bonds is 9. The number of aliphatic imine (C=N–C) groups is 1. The Morgan fingerprint density at radius 1 is 1.11 bits per heavy atom. The molecule has 8 heteroatoms. The number of nitrogens with one attached hydrogen (secondary N) is 1. The van der Waals surface area contributed by atoms with E-state index in [2.05, 4.69) is 69.9 Å². The van der Waals surface area contributed by atoms with Crippen molar-refractivity contribution in [3.05, 3.63) is 84.6 Å². The SMILES string of the molecule is C=CN1C(C(=O)N2CCCC(NC(=C)[C@@H](C(C)C)N3CCCC3)C2)=CN=C/C1=C/C.CCC(C)(C)CC.Fc1cccc(F)c1. The molecule has 2 saturated heterocycles. The monoisotopic (exact) mass is 625 g/mol. The third kappa shape index (κ3) is 11.9. The summed E-state index contributed by atoms with van der Waals surface area (Å²) in [5.41, 5.74) is 3.09. The van der Waals surface area contributed by atoms with Crippen molar-refractivity contribution in [3.63, 3.8) is 0 Å². The van der Waals surface area contributed by atoms with Crippen molar-refractivity contribution in [2.45, 2.75) is 99.1 Å². The molecule has 250 valence electrons.